The van der Waals surface area contributed by atoms with Crippen LogP contribution < -0.4 is 15.8 Å². The van der Waals surface area contributed by atoms with Crippen molar-refractivity contribution in [2.45, 2.75) is 39.0 Å². The molecular formula is C29H30FN7O2. The summed E-state index contributed by atoms with van der Waals surface area (Å²) in [5.74, 6) is 0.0146. The monoisotopic (exact) mass is 527 g/mol. The minimum Gasteiger partial charge on any atom is -0.389 e. The summed E-state index contributed by atoms with van der Waals surface area (Å²) in [6, 6.07) is 15.8. The van der Waals surface area contributed by atoms with E-state index >= 15 is 0 Å². The van der Waals surface area contributed by atoms with Crippen molar-refractivity contribution in [3.63, 3.8) is 0 Å². The molecule has 0 unspecified atom stereocenters. The summed E-state index contributed by atoms with van der Waals surface area (Å²) < 4.78 is 18.1. The minimum absolute atomic E-state index is 0.197. The Labute approximate surface area is 224 Å². The van der Waals surface area contributed by atoms with Gasteiger partial charge in [-0.15, -0.1) is 0 Å². The Balaban J connectivity index is 1.37. The third-order valence-corrected chi connectivity index (χ3v) is 7.49. The van der Waals surface area contributed by atoms with Crippen molar-refractivity contribution < 1.29 is 14.3 Å². The van der Waals surface area contributed by atoms with E-state index in [9.17, 15) is 14.3 Å². The number of carbonyl (C=O) groups excluding carboxylic acids is 1. The van der Waals surface area contributed by atoms with Crippen molar-refractivity contribution in [3.8, 4) is 0 Å². The van der Waals surface area contributed by atoms with Gasteiger partial charge in [-0.1, -0.05) is 12.1 Å². The highest BCUT2D eigenvalue weighted by Crippen LogP contribution is 2.32. The summed E-state index contributed by atoms with van der Waals surface area (Å²) in [5, 5.41) is 24.4. The van der Waals surface area contributed by atoms with E-state index in [0.29, 0.717) is 36.5 Å². The van der Waals surface area contributed by atoms with Crippen LogP contribution in [0.25, 0.3) is 21.9 Å². The smallest absolute Gasteiger partial charge is 0.221 e. The molecular weight excluding hydrogens is 497 g/mol. The predicted molar refractivity (Wildman–Crippen MR) is 148 cm³/mol. The minimum atomic E-state index is -0.851. The first-order chi connectivity index (χ1) is 18.8. The number of pyridine rings is 1. The summed E-state index contributed by atoms with van der Waals surface area (Å²) >= 11 is 0. The van der Waals surface area contributed by atoms with E-state index in [1.54, 1.807) is 10.6 Å². The van der Waals surface area contributed by atoms with Crippen LogP contribution in [0.2, 0.25) is 0 Å². The summed E-state index contributed by atoms with van der Waals surface area (Å²) in [7, 11) is 0. The molecule has 200 valence electrons. The highest BCUT2D eigenvalue weighted by molar-refractivity contribution is 5.92. The Morgan fingerprint density at radius 3 is 2.85 bits per heavy atom. The lowest BCUT2D eigenvalue weighted by atomic mass is 10.0. The Morgan fingerprint density at radius 2 is 2.05 bits per heavy atom. The van der Waals surface area contributed by atoms with Gasteiger partial charge in [0.15, 0.2) is 5.82 Å². The van der Waals surface area contributed by atoms with Crippen LogP contribution in [0.1, 0.15) is 30.6 Å². The number of carbonyl (C=O) groups is 1. The first-order valence-electron chi connectivity index (χ1n) is 13.0. The van der Waals surface area contributed by atoms with Gasteiger partial charge in [0.2, 0.25) is 11.5 Å². The van der Waals surface area contributed by atoms with E-state index in [1.807, 2.05) is 59.0 Å². The van der Waals surface area contributed by atoms with Crippen molar-refractivity contribution in [2.24, 2.45) is 0 Å². The molecule has 2 atom stereocenters. The lowest BCUT2D eigenvalue weighted by molar-refractivity contribution is -0.114. The van der Waals surface area contributed by atoms with Gasteiger partial charge >= 0.3 is 0 Å². The molecule has 0 aliphatic carbocycles. The van der Waals surface area contributed by atoms with E-state index in [4.69, 9.17) is 5.41 Å². The number of hydrogen-bond acceptors (Lipinski definition) is 5. The zero-order valence-electron chi connectivity index (χ0n) is 21.8. The molecule has 1 fully saturated rings. The van der Waals surface area contributed by atoms with E-state index in [0.717, 1.165) is 27.7 Å². The molecule has 0 bridgehead atoms. The third kappa shape index (κ3) is 4.46. The van der Waals surface area contributed by atoms with Crippen LogP contribution >= 0.6 is 0 Å². The number of imidazole rings is 1. The molecule has 1 amide bonds. The molecule has 10 heteroatoms. The SMILES string of the molecule is CC(=O)Nc1ccc(C)nc1N1CC[C@@H](n2c(=N)n(Cc3cccc4[nH]ccc34)c3ccc(F)cc32)[C@H](O)C1. The average molecular weight is 528 g/mol. The average Bonchev–Trinajstić information content (AvgIpc) is 3.48. The number of aromatic amines is 1. The van der Waals surface area contributed by atoms with E-state index in [2.05, 4.69) is 15.3 Å². The Kier molecular flexibility index (Phi) is 6.19. The number of nitrogens with zero attached hydrogens (tertiary/aromatic N) is 4. The van der Waals surface area contributed by atoms with Gasteiger partial charge < -0.3 is 29.4 Å². The van der Waals surface area contributed by atoms with Gasteiger partial charge in [-0.2, -0.15) is 0 Å². The van der Waals surface area contributed by atoms with Crippen LogP contribution in [0.4, 0.5) is 15.9 Å². The first kappa shape index (κ1) is 24.9. The maximum Gasteiger partial charge on any atom is 0.221 e. The molecule has 1 aliphatic heterocycles. The van der Waals surface area contributed by atoms with Crippen LogP contribution in [-0.4, -0.2) is 49.3 Å². The number of fused-ring (bicyclic) bond motifs is 2. The highest BCUT2D eigenvalue weighted by Gasteiger charge is 2.33. The van der Waals surface area contributed by atoms with Gasteiger partial charge in [-0.3, -0.25) is 10.2 Å². The standard InChI is InChI=1S/C29H30FN7O2/c1-17-6-8-23(34-18(2)38)28(33-17)35-13-11-25(27(39)16-35)37-26-14-20(30)7-9-24(26)36(29(37)31)15-19-4-3-5-22-21(19)10-12-32-22/h3-10,12,14,25,27,31-32,39H,11,13,15-16H2,1-2H3,(H,34,38)/t25-,27-/m1/s1. The number of anilines is 2. The number of β-amino-alcohol motifs (C(OH)–C–C–N with tert-alkyl or cyclic N) is 1. The molecule has 4 N–H and O–H groups in total. The quantitative estimate of drug-likeness (QED) is 0.276. The normalized spacial score (nSPS) is 17.7. The molecule has 6 rings (SSSR count). The summed E-state index contributed by atoms with van der Waals surface area (Å²) in [5.41, 5.74) is 4.96. The Hall–Kier alpha value is -4.44. The van der Waals surface area contributed by atoms with Gasteiger partial charge in [-0.25, -0.2) is 9.37 Å². The van der Waals surface area contributed by atoms with Crippen molar-refractivity contribution in [1.82, 2.24) is 19.1 Å². The zero-order chi connectivity index (χ0) is 27.3. The van der Waals surface area contributed by atoms with E-state index in [-0.39, 0.29) is 18.1 Å². The van der Waals surface area contributed by atoms with Crippen LogP contribution in [0, 0.1) is 18.2 Å². The largest absolute Gasteiger partial charge is 0.389 e. The Bertz CT molecular complexity index is 1770. The lowest BCUT2D eigenvalue weighted by Gasteiger charge is -2.38. The number of nitrogens with one attached hydrogen (secondary N) is 3. The molecule has 2 aromatic carbocycles. The molecule has 3 aromatic heterocycles. The second kappa shape index (κ2) is 9.70. The number of aliphatic hydroxyl groups excluding tert-OH is 1. The second-order valence-electron chi connectivity index (χ2n) is 10.1. The zero-order valence-corrected chi connectivity index (χ0v) is 21.8. The van der Waals surface area contributed by atoms with Crippen LogP contribution in [0.5, 0.6) is 0 Å². The number of rotatable bonds is 5. The predicted octanol–water partition coefficient (Wildman–Crippen LogP) is 4.07. The van der Waals surface area contributed by atoms with E-state index in [1.165, 1.54) is 19.1 Å². The van der Waals surface area contributed by atoms with Crippen molar-refractivity contribution in [1.29, 1.82) is 5.41 Å². The topological polar surface area (TPSA) is 115 Å². The summed E-state index contributed by atoms with van der Waals surface area (Å²) in [6.07, 6.45) is 1.55. The molecule has 0 saturated carbocycles. The van der Waals surface area contributed by atoms with Gasteiger partial charge in [0, 0.05) is 42.8 Å². The molecule has 9 nitrogen and oxygen atoms in total. The molecule has 1 aliphatic rings. The maximum absolute atomic E-state index is 14.5. The number of aryl methyl sites for hydroxylation is 1. The van der Waals surface area contributed by atoms with Crippen LogP contribution in [-0.2, 0) is 11.3 Å². The molecule has 1 saturated heterocycles. The number of H-pyrrole nitrogens is 1. The number of aliphatic hydroxyl groups is 1. The fraction of sp³-hybridized carbons (Fsp3) is 0.276. The lowest BCUT2D eigenvalue weighted by Crippen LogP contribution is -2.47. The molecule has 0 radical (unpaired) electrons. The number of benzene rings is 2. The summed E-state index contributed by atoms with van der Waals surface area (Å²) in [6.45, 7) is 4.56. The van der Waals surface area contributed by atoms with E-state index < -0.39 is 18.0 Å². The molecule has 39 heavy (non-hydrogen) atoms. The molecule has 5 aromatic rings. The summed E-state index contributed by atoms with van der Waals surface area (Å²) in [4.78, 5) is 21.6. The number of piperidine rings is 1. The fourth-order valence-electron chi connectivity index (χ4n) is 5.71. The number of halogens is 1. The van der Waals surface area contributed by atoms with Gasteiger partial charge in [0.25, 0.3) is 0 Å². The Morgan fingerprint density at radius 1 is 1.21 bits per heavy atom. The molecule has 0 spiro atoms. The fourth-order valence-corrected chi connectivity index (χ4v) is 5.71. The second-order valence-corrected chi connectivity index (χ2v) is 10.1. The van der Waals surface area contributed by atoms with Crippen molar-refractivity contribution in [2.75, 3.05) is 23.3 Å². The van der Waals surface area contributed by atoms with Crippen molar-refractivity contribution in [3.05, 3.63) is 83.5 Å². The number of aromatic nitrogens is 4. The highest BCUT2D eigenvalue weighted by atomic mass is 19.1. The van der Waals surface area contributed by atoms with Crippen LogP contribution in [0.3, 0.4) is 0 Å². The van der Waals surface area contributed by atoms with Gasteiger partial charge in [-0.05, 0) is 61.4 Å². The van der Waals surface area contributed by atoms with Crippen molar-refractivity contribution >= 4 is 39.3 Å². The third-order valence-electron chi connectivity index (χ3n) is 7.49. The maximum atomic E-state index is 14.5. The van der Waals surface area contributed by atoms with Gasteiger partial charge in [0.05, 0.1) is 35.4 Å². The molecule has 4 heterocycles. The van der Waals surface area contributed by atoms with Crippen LogP contribution in [0.15, 0.2) is 60.8 Å². The van der Waals surface area contributed by atoms with Gasteiger partial charge in [0.1, 0.15) is 5.82 Å². The number of amides is 1. The first-order valence-corrected chi connectivity index (χ1v) is 13.0. The number of hydrogen-bond donors (Lipinski definition) is 4.